The molecule has 0 bridgehead atoms. The van der Waals surface area contributed by atoms with E-state index in [1.807, 2.05) is 0 Å². The van der Waals surface area contributed by atoms with Crippen molar-refractivity contribution in [3.05, 3.63) is 0 Å². The van der Waals surface area contributed by atoms with Crippen LogP contribution in [0.3, 0.4) is 0 Å². The lowest BCUT2D eigenvalue weighted by molar-refractivity contribution is -0.147. The molecule has 3 atom stereocenters. The van der Waals surface area contributed by atoms with Crippen molar-refractivity contribution in [1.29, 1.82) is 0 Å². The van der Waals surface area contributed by atoms with E-state index in [0.29, 0.717) is 19.4 Å². The Morgan fingerprint density at radius 2 is 1.26 bits per heavy atom. The summed E-state index contributed by atoms with van der Waals surface area (Å²) in [5, 5.41) is 33.4. The molecule has 14 heteroatoms. The van der Waals surface area contributed by atoms with Gasteiger partial charge in [0, 0.05) is 6.42 Å². The summed E-state index contributed by atoms with van der Waals surface area (Å²) in [6.45, 7) is -0.153. The van der Waals surface area contributed by atoms with Gasteiger partial charge in [-0.05, 0) is 32.2 Å². The average molecular weight is 447 g/mol. The van der Waals surface area contributed by atoms with Gasteiger partial charge in [0.1, 0.15) is 18.1 Å². The summed E-state index contributed by atoms with van der Waals surface area (Å²) in [6.07, 6.45) is -0.694. The smallest absolute Gasteiger partial charge is 0.326 e. The van der Waals surface area contributed by atoms with E-state index < -0.39 is 73.1 Å². The molecule has 31 heavy (non-hydrogen) atoms. The zero-order valence-corrected chi connectivity index (χ0v) is 16.8. The number of carbonyl (C=O) groups is 6. The third-order valence-corrected chi connectivity index (χ3v) is 4.06. The van der Waals surface area contributed by atoms with Gasteiger partial charge in [-0.1, -0.05) is 0 Å². The van der Waals surface area contributed by atoms with E-state index in [2.05, 4.69) is 16.0 Å². The van der Waals surface area contributed by atoms with Crippen molar-refractivity contribution >= 4 is 35.6 Å². The lowest BCUT2D eigenvalue weighted by Gasteiger charge is -2.24. The van der Waals surface area contributed by atoms with Crippen molar-refractivity contribution < 1.29 is 44.1 Å². The number of unbranched alkanes of at least 4 members (excludes halogenated alkanes) is 1. The second kappa shape index (κ2) is 14.7. The molecule has 3 amide bonds. The summed E-state index contributed by atoms with van der Waals surface area (Å²) >= 11 is 0. The van der Waals surface area contributed by atoms with Crippen LogP contribution in [0.25, 0.3) is 0 Å². The van der Waals surface area contributed by atoms with Crippen LogP contribution in [0.2, 0.25) is 0 Å². The number of hydrogen-bond donors (Lipinski definition) is 8. The highest BCUT2D eigenvalue weighted by molar-refractivity contribution is 5.94. The van der Waals surface area contributed by atoms with Gasteiger partial charge in [-0.15, -0.1) is 0 Å². The molecule has 176 valence electrons. The first-order valence-corrected chi connectivity index (χ1v) is 9.48. The Hall–Kier alpha value is -3.26. The molecule has 3 unspecified atom stereocenters. The second-order valence-corrected chi connectivity index (χ2v) is 6.60. The summed E-state index contributed by atoms with van der Waals surface area (Å²) < 4.78 is 0. The fraction of sp³-hybridized carbons (Fsp3) is 0.647. The zero-order valence-electron chi connectivity index (χ0n) is 16.8. The van der Waals surface area contributed by atoms with E-state index in [4.69, 9.17) is 26.8 Å². The molecule has 0 aliphatic heterocycles. The van der Waals surface area contributed by atoms with Crippen LogP contribution in [0, 0.1) is 0 Å². The Bertz CT molecular complexity index is 670. The zero-order chi connectivity index (χ0) is 24.0. The monoisotopic (exact) mass is 447 g/mol. The molecule has 0 aliphatic rings. The number of rotatable bonds is 16. The molecule has 0 spiro atoms. The molecule has 0 saturated heterocycles. The van der Waals surface area contributed by atoms with Crippen LogP contribution in [0.5, 0.6) is 0 Å². The number of nitrogens with two attached hydrogens (primary N) is 2. The van der Waals surface area contributed by atoms with Gasteiger partial charge < -0.3 is 42.7 Å². The summed E-state index contributed by atoms with van der Waals surface area (Å²) in [4.78, 5) is 69.5. The van der Waals surface area contributed by atoms with Gasteiger partial charge in [0.05, 0.1) is 13.0 Å². The molecule has 0 aliphatic carbocycles. The van der Waals surface area contributed by atoms with Gasteiger partial charge >= 0.3 is 17.9 Å². The minimum absolute atomic E-state index is 0.0463. The number of carboxylic acids is 3. The standard InChI is InChI=1S/C17H29N5O9/c18-6-2-1-3-9(15(28)22-11(17(30)31)7-14(26)27)21-16(29)10(4-5-13(24)25)20-12(23)8-19/h9-11H,1-8,18-19H2,(H,20,23)(H,21,29)(H,22,28)(H,24,25)(H,26,27)(H,30,31). The maximum absolute atomic E-state index is 12.6. The maximum Gasteiger partial charge on any atom is 0.326 e. The molecule has 0 aromatic rings. The number of hydrogen-bond acceptors (Lipinski definition) is 8. The summed E-state index contributed by atoms with van der Waals surface area (Å²) in [6, 6.07) is -4.29. The first kappa shape index (κ1) is 27.7. The molecule has 0 fully saturated rings. The van der Waals surface area contributed by atoms with E-state index in [9.17, 15) is 28.8 Å². The molecule has 0 aromatic heterocycles. The lowest BCUT2D eigenvalue weighted by atomic mass is 10.1. The Morgan fingerprint density at radius 3 is 1.71 bits per heavy atom. The highest BCUT2D eigenvalue weighted by Gasteiger charge is 2.30. The Balaban J connectivity index is 5.41. The molecule has 0 saturated carbocycles. The number of amides is 3. The third kappa shape index (κ3) is 12.1. The van der Waals surface area contributed by atoms with E-state index in [1.54, 1.807) is 0 Å². The minimum Gasteiger partial charge on any atom is -0.481 e. The van der Waals surface area contributed by atoms with Crippen molar-refractivity contribution in [2.75, 3.05) is 13.1 Å². The largest absolute Gasteiger partial charge is 0.481 e. The van der Waals surface area contributed by atoms with Crippen LogP contribution in [-0.2, 0) is 28.8 Å². The fourth-order valence-electron chi connectivity index (χ4n) is 2.47. The first-order valence-electron chi connectivity index (χ1n) is 9.48. The topological polar surface area (TPSA) is 251 Å². The number of aliphatic carboxylic acids is 3. The molecular weight excluding hydrogens is 418 g/mol. The Kier molecular flexibility index (Phi) is 13.1. The van der Waals surface area contributed by atoms with Crippen LogP contribution >= 0.6 is 0 Å². The molecule has 0 radical (unpaired) electrons. The minimum atomic E-state index is -1.72. The van der Waals surface area contributed by atoms with Crippen molar-refractivity contribution in [2.45, 2.75) is 56.7 Å². The highest BCUT2D eigenvalue weighted by atomic mass is 16.4. The van der Waals surface area contributed by atoms with Crippen LogP contribution < -0.4 is 27.4 Å². The molecule has 0 rings (SSSR count). The molecular formula is C17H29N5O9. The SMILES string of the molecule is NCCCCC(NC(=O)C(CCC(=O)O)NC(=O)CN)C(=O)NC(CC(=O)O)C(=O)O. The van der Waals surface area contributed by atoms with Gasteiger partial charge in [-0.25, -0.2) is 4.79 Å². The lowest BCUT2D eigenvalue weighted by Crippen LogP contribution is -2.56. The van der Waals surface area contributed by atoms with E-state index >= 15 is 0 Å². The van der Waals surface area contributed by atoms with Crippen molar-refractivity contribution in [3.63, 3.8) is 0 Å². The highest BCUT2D eigenvalue weighted by Crippen LogP contribution is 2.06. The van der Waals surface area contributed by atoms with Crippen LogP contribution in [0.1, 0.15) is 38.5 Å². The summed E-state index contributed by atoms with van der Waals surface area (Å²) in [5.41, 5.74) is 10.6. The maximum atomic E-state index is 12.6. The summed E-state index contributed by atoms with van der Waals surface area (Å²) in [5.74, 6) is -6.77. The summed E-state index contributed by atoms with van der Waals surface area (Å²) in [7, 11) is 0. The predicted octanol–water partition coefficient (Wildman–Crippen LogP) is -3.05. The van der Waals surface area contributed by atoms with E-state index in [1.165, 1.54) is 0 Å². The fourth-order valence-corrected chi connectivity index (χ4v) is 2.47. The number of carbonyl (C=O) groups excluding carboxylic acids is 3. The van der Waals surface area contributed by atoms with E-state index in [-0.39, 0.29) is 12.8 Å². The van der Waals surface area contributed by atoms with Gasteiger partial charge in [-0.2, -0.15) is 0 Å². The van der Waals surface area contributed by atoms with Gasteiger partial charge in [0.15, 0.2) is 0 Å². The molecule has 0 aromatic carbocycles. The second-order valence-electron chi connectivity index (χ2n) is 6.60. The first-order chi connectivity index (χ1) is 14.5. The quantitative estimate of drug-likeness (QED) is 0.110. The normalized spacial score (nSPS) is 13.4. The van der Waals surface area contributed by atoms with Gasteiger partial charge in [-0.3, -0.25) is 24.0 Å². The predicted molar refractivity (Wildman–Crippen MR) is 105 cm³/mol. The molecule has 14 nitrogen and oxygen atoms in total. The van der Waals surface area contributed by atoms with Crippen LogP contribution in [-0.4, -0.2) is 82.2 Å². The van der Waals surface area contributed by atoms with Crippen molar-refractivity contribution in [3.8, 4) is 0 Å². The van der Waals surface area contributed by atoms with Crippen LogP contribution in [0.15, 0.2) is 0 Å². The molecule has 10 N–H and O–H groups in total. The van der Waals surface area contributed by atoms with Crippen LogP contribution in [0.4, 0.5) is 0 Å². The van der Waals surface area contributed by atoms with Gasteiger partial charge in [0.2, 0.25) is 17.7 Å². The number of carboxylic acid groups (broad SMARTS) is 3. The van der Waals surface area contributed by atoms with E-state index in [0.717, 1.165) is 0 Å². The number of nitrogens with one attached hydrogen (secondary N) is 3. The average Bonchev–Trinajstić information content (AvgIpc) is 2.68. The van der Waals surface area contributed by atoms with Crippen molar-refractivity contribution in [1.82, 2.24) is 16.0 Å². The molecule has 0 heterocycles. The van der Waals surface area contributed by atoms with Gasteiger partial charge in [0.25, 0.3) is 0 Å². The Morgan fingerprint density at radius 1 is 0.710 bits per heavy atom. The Labute approximate surface area is 177 Å². The van der Waals surface area contributed by atoms with Crippen molar-refractivity contribution in [2.24, 2.45) is 11.5 Å². The third-order valence-electron chi connectivity index (χ3n) is 4.06.